The molecular weight excluding hydrogens is 104 g/mol. The van der Waals surface area contributed by atoms with E-state index >= 15 is 0 Å². The Bertz CT molecular complexity index is 76.6. The minimum Gasteiger partial charge on any atom is -0.457 e. The molecule has 0 aromatic rings. The predicted octanol–water partition coefficient (Wildman–Crippen LogP) is 1.04. The van der Waals surface area contributed by atoms with Crippen molar-refractivity contribution in [3.8, 4) is 0 Å². The van der Waals surface area contributed by atoms with Crippen molar-refractivity contribution in [1.29, 1.82) is 0 Å². The van der Waals surface area contributed by atoms with Crippen LogP contribution < -0.4 is 0 Å². The van der Waals surface area contributed by atoms with E-state index in [9.17, 15) is 4.79 Å². The van der Waals surface area contributed by atoms with E-state index in [2.05, 4.69) is 4.74 Å². The van der Waals surface area contributed by atoms with Crippen LogP contribution in [-0.2, 0) is 9.53 Å². The Balaban J connectivity index is 2.82. The Hall–Kier alpha value is -0.790. The topological polar surface area (TPSA) is 26.3 Å². The minimum absolute atomic E-state index is 0.438. The molecule has 0 bridgehead atoms. The number of rotatable bonds is 4. The Morgan fingerprint density at radius 2 is 2.50 bits per heavy atom. The fourth-order valence-electron chi connectivity index (χ4n) is 0.335. The normalized spacial score (nSPS) is 9.62. The van der Waals surface area contributed by atoms with Crippen LogP contribution in [0.1, 0.15) is 13.3 Å². The summed E-state index contributed by atoms with van der Waals surface area (Å²) >= 11 is 0. The number of hydrogen-bond acceptors (Lipinski definition) is 2. The molecule has 0 saturated carbocycles. The summed E-state index contributed by atoms with van der Waals surface area (Å²) in [4.78, 5) is 9.40. The van der Waals surface area contributed by atoms with Gasteiger partial charge in [0.25, 0.3) is 0 Å². The molecule has 0 aliphatic carbocycles. The van der Waals surface area contributed by atoms with Gasteiger partial charge in [0.05, 0.1) is 6.61 Å². The standard InChI is InChI=1S/C6H9O2/c1-2-3-4-5-8-6-7/h2-3H,4-5H2,1H3. The van der Waals surface area contributed by atoms with Crippen LogP contribution in [0.4, 0.5) is 0 Å². The van der Waals surface area contributed by atoms with Gasteiger partial charge in [-0.3, -0.25) is 0 Å². The molecule has 0 heterocycles. The van der Waals surface area contributed by atoms with E-state index in [-0.39, 0.29) is 0 Å². The highest BCUT2D eigenvalue weighted by Gasteiger charge is 1.77. The van der Waals surface area contributed by atoms with Crippen LogP contribution in [0.3, 0.4) is 0 Å². The van der Waals surface area contributed by atoms with Gasteiger partial charge in [-0.25, -0.2) is 4.79 Å². The summed E-state index contributed by atoms with van der Waals surface area (Å²) in [7, 11) is 0. The lowest BCUT2D eigenvalue weighted by Gasteiger charge is -1.87. The van der Waals surface area contributed by atoms with E-state index in [0.29, 0.717) is 6.61 Å². The average Bonchev–Trinajstić information content (AvgIpc) is 1.81. The molecule has 2 heteroatoms. The summed E-state index contributed by atoms with van der Waals surface area (Å²) in [5, 5.41) is 0. The highest BCUT2D eigenvalue weighted by molar-refractivity contribution is 5.38. The summed E-state index contributed by atoms with van der Waals surface area (Å²) in [6.45, 7) is 3.70. The van der Waals surface area contributed by atoms with Crippen LogP contribution in [0.5, 0.6) is 0 Å². The molecule has 0 aromatic heterocycles. The lowest BCUT2D eigenvalue weighted by molar-refractivity contribution is 0.284. The molecule has 8 heavy (non-hydrogen) atoms. The third kappa shape index (κ3) is 5.21. The van der Waals surface area contributed by atoms with Gasteiger partial charge >= 0.3 is 6.47 Å². The second-order valence-corrected chi connectivity index (χ2v) is 1.29. The first kappa shape index (κ1) is 7.21. The Kier molecular flexibility index (Phi) is 5.60. The molecular formula is C6H9O2. The van der Waals surface area contributed by atoms with Crippen LogP contribution in [-0.4, -0.2) is 13.1 Å². The van der Waals surface area contributed by atoms with Crippen molar-refractivity contribution in [2.75, 3.05) is 6.61 Å². The first-order valence-corrected chi connectivity index (χ1v) is 2.52. The van der Waals surface area contributed by atoms with Crippen LogP contribution >= 0.6 is 0 Å². The van der Waals surface area contributed by atoms with E-state index in [1.54, 1.807) is 0 Å². The van der Waals surface area contributed by atoms with Crippen molar-refractivity contribution in [1.82, 2.24) is 0 Å². The van der Waals surface area contributed by atoms with Gasteiger partial charge in [-0.1, -0.05) is 12.2 Å². The summed E-state index contributed by atoms with van der Waals surface area (Å²) in [5.41, 5.74) is 0. The van der Waals surface area contributed by atoms with Gasteiger partial charge in [-0.05, 0) is 13.3 Å². The van der Waals surface area contributed by atoms with Crippen molar-refractivity contribution in [3.63, 3.8) is 0 Å². The smallest absolute Gasteiger partial charge is 0.417 e. The molecule has 0 atom stereocenters. The van der Waals surface area contributed by atoms with Gasteiger partial charge in [0, 0.05) is 0 Å². The van der Waals surface area contributed by atoms with Crippen molar-refractivity contribution in [2.24, 2.45) is 0 Å². The fourth-order valence-corrected chi connectivity index (χ4v) is 0.335. The SMILES string of the molecule is CC=CCCO[C]=O. The highest BCUT2D eigenvalue weighted by Crippen LogP contribution is 1.81. The maximum atomic E-state index is 9.40. The summed E-state index contributed by atoms with van der Waals surface area (Å²) in [5.74, 6) is 0. The van der Waals surface area contributed by atoms with Gasteiger partial charge in [0.2, 0.25) is 0 Å². The number of hydrogen-bond donors (Lipinski definition) is 0. The second-order valence-electron chi connectivity index (χ2n) is 1.29. The van der Waals surface area contributed by atoms with Crippen LogP contribution in [0.25, 0.3) is 0 Å². The maximum absolute atomic E-state index is 9.40. The summed E-state index contributed by atoms with van der Waals surface area (Å²) < 4.78 is 4.28. The molecule has 1 radical (unpaired) electrons. The van der Waals surface area contributed by atoms with E-state index in [0.717, 1.165) is 6.42 Å². The fraction of sp³-hybridized carbons (Fsp3) is 0.500. The molecule has 0 spiro atoms. The zero-order valence-corrected chi connectivity index (χ0v) is 4.89. The van der Waals surface area contributed by atoms with Gasteiger partial charge < -0.3 is 4.74 Å². The van der Waals surface area contributed by atoms with Gasteiger partial charge in [0.15, 0.2) is 0 Å². The second kappa shape index (κ2) is 6.21. The van der Waals surface area contributed by atoms with Crippen molar-refractivity contribution in [3.05, 3.63) is 12.2 Å². The van der Waals surface area contributed by atoms with Crippen LogP contribution in [0.2, 0.25) is 0 Å². The monoisotopic (exact) mass is 113 g/mol. The number of ether oxygens (including phenoxy) is 1. The van der Waals surface area contributed by atoms with E-state index < -0.39 is 0 Å². The molecule has 0 N–H and O–H groups in total. The lowest BCUT2D eigenvalue weighted by Crippen LogP contribution is -1.87. The average molecular weight is 113 g/mol. The van der Waals surface area contributed by atoms with E-state index in [1.165, 1.54) is 6.47 Å². The maximum Gasteiger partial charge on any atom is 0.417 e. The van der Waals surface area contributed by atoms with Gasteiger partial charge in [0.1, 0.15) is 0 Å². The molecule has 2 nitrogen and oxygen atoms in total. The van der Waals surface area contributed by atoms with Crippen molar-refractivity contribution in [2.45, 2.75) is 13.3 Å². The summed E-state index contributed by atoms with van der Waals surface area (Å²) in [6.07, 6.45) is 4.62. The first-order valence-electron chi connectivity index (χ1n) is 2.52. The molecule has 0 aliphatic rings. The van der Waals surface area contributed by atoms with Crippen molar-refractivity contribution < 1.29 is 9.53 Å². The van der Waals surface area contributed by atoms with Crippen LogP contribution in [0, 0.1) is 0 Å². The third-order valence-corrected chi connectivity index (χ3v) is 0.681. The predicted molar refractivity (Wildman–Crippen MR) is 31.1 cm³/mol. The molecule has 0 aliphatic heterocycles. The van der Waals surface area contributed by atoms with Gasteiger partial charge in [-0.2, -0.15) is 0 Å². The zero-order chi connectivity index (χ0) is 6.24. The highest BCUT2D eigenvalue weighted by atomic mass is 16.5. The first-order chi connectivity index (χ1) is 3.91. The Morgan fingerprint density at radius 3 is 3.00 bits per heavy atom. The lowest BCUT2D eigenvalue weighted by atomic mass is 10.4. The van der Waals surface area contributed by atoms with Gasteiger partial charge in [-0.15, -0.1) is 0 Å². The number of allylic oxidation sites excluding steroid dienone is 1. The molecule has 0 rings (SSSR count). The molecule has 0 fully saturated rings. The van der Waals surface area contributed by atoms with E-state index in [4.69, 9.17) is 0 Å². The van der Waals surface area contributed by atoms with Crippen LogP contribution in [0.15, 0.2) is 12.2 Å². The number of carbonyl (C=O) groups excluding carboxylic acids is 1. The van der Waals surface area contributed by atoms with Crippen molar-refractivity contribution >= 4 is 6.47 Å². The molecule has 45 valence electrons. The third-order valence-electron chi connectivity index (χ3n) is 0.681. The molecule has 0 aromatic carbocycles. The molecule has 0 saturated heterocycles. The largest absolute Gasteiger partial charge is 0.457 e. The van der Waals surface area contributed by atoms with E-state index in [1.807, 2.05) is 19.1 Å². The Labute approximate surface area is 49.1 Å². The zero-order valence-electron chi connectivity index (χ0n) is 4.89. The Morgan fingerprint density at radius 1 is 1.75 bits per heavy atom. The minimum atomic E-state index is 0.438. The molecule has 0 unspecified atom stereocenters. The quantitative estimate of drug-likeness (QED) is 0.402. The molecule has 0 amide bonds. The summed E-state index contributed by atoms with van der Waals surface area (Å²) in [6, 6.07) is 0.